The first-order valence-electron chi connectivity index (χ1n) is 7.54. The Labute approximate surface area is 126 Å². The first-order valence-corrected chi connectivity index (χ1v) is 7.54. The number of aromatic nitrogens is 2. The van der Waals surface area contributed by atoms with Crippen LogP contribution in [0.1, 0.15) is 31.3 Å². The van der Waals surface area contributed by atoms with Crippen LogP contribution in [0.25, 0.3) is 0 Å². The van der Waals surface area contributed by atoms with Gasteiger partial charge in [0.1, 0.15) is 11.6 Å². The zero-order valence-electron chi connectivity index (χ0n) is 13.4. The third-order valence-electron chi connectivity index (χ3n) is 3.66. The number of likely N-dealkylation sites (N-methyl/N-ethyl adjacent to an activating group) is 1. The maximum atomic E-state index is 11.9. The number of anilines is 1. The minimum atomic E-state index is 0.166. The molecule has 2 rings (SSSR count). The van der Waals surface area contributed by atoms with Crippen LogP contribution in [0.5, 0.6) is 0 Å². The van der Waals surface area contributed by atoms with Gasteiger partial charge in [0.2, 0.25) is 5.91 Å². The van der Waals surface area contributed by atoms with Crippen LogP contribution in [0, 0.1) is 6.92 Å². The third-order valence-corrected chi connectivity index (χ3v) is 3.66. The molecule has 0 radical (unpaired) electrons. The van der Waals surface area contributed by atoms with Gasteiger partial charge in [0.15, 0.2) is 0 Å². The summed E-state index contributed by atoms with van der Waals surface area (Å²) in [6, 6.07) is 2.02. The molecule has 0 unspecified atom stereocenters. The van der Waals surface area contributed by atoms with Crippen LogP contribution in [0.4, 0.5) is 5.82 Å². The number of amides is 1. The molecule has 6 nitrogen and oxygen atoms in total. The van der Waals surface area contributed by atoms with Crippen LogP contribution in [-0.4, -0.2) is 60.5 Å². The molecule has 1 aliphatic heterocycles. The number of nitrogens with zero attached hydrogens (tertiary/aromatic N) is 4. The molecular formula is C15H25N5O. The molecule has 0 spiro atoms. The monoisotopic (exact) mass is 291 g/mol. The van der Waals surface area contributed by atoms with Crippen molar-refractivity contribution >= 4 is 11.7 Å². The van der Waals surface area contributed by atoms with Gasteiger partial charge in [0, 0.05) is 43.9 Å². The Hall–Kier alpha value is -1.69. The molecule has 1 saturated heterocycles. The zero-order valence-corrected chi connectivity index (χ0v) is 13.4. The summed E-state index contributed by atoms with van der Waals surface area (Å²) >= 11 is 0. The summed E-state index contributed by atoms with van der Waals surface area (Å²) in [4.78, 5) is 25.2. The topological polar surface area (TPSA) is 61.4 Å². The van der Waals surface area contributed by atoms with Crippen molar-refractivity contribution in [2.75, 3.05) is 44.7 Å². The third kappa shape index (κ3) is 3.91. The lowest BCUT2D eigenvalue weighted by molar-refractivity contribution is -0.130. The highest BCUT2D eigenvalue weighted by atomic mass is 16.2. The van der Waals surface area contributed by atoms with Crippen LogP contribution in [0.2, 0.25) is 0 Å². The Balaban J connectivity index is 2.03. The Morgan fingerprint density at radius 2 is 1.95 bits per heavy atom. The number of hydrogen-bond acceptors (Lipinski definition) is 5. The van der Waals surface area contributed by atoms with E-state index in [1.165, 1.54) is 0 Å². The minimum absolute atomic E-state index is 0.166. The van der Waals surface area contributed by atoms with Gasteiger partial charge >= 0.3 is 0 Å². The number of aryl methyl sites for hydroxylation is 1. The lowest BCUT2D eigenvalue weighted by atomic mass is 10.2. The van der Waals surface area contributed by atoms with E-state index in [0.717, 1.165) is 43.5 Å². The van der Waals surface area contributed by atoms with Crippen LogP contribution in [-0.2, 0) is 4.79 Å². The molecule has 1 aromatic heterocycles. The molecule has 0 atom stereocenters. The predicted octanol–water partition coefficient (Wildman–Crippen LogP) is 0.776. The molecule has 1 fully saturated rings. The molecule has 1 amide bonds. The minimum Gasteiger partial charge on any atom is -0.353 e. The molecule has 21 heavy (non-hydrogen) atoms. The molecule has 0 aliphatic carbocycles. The highest BCUT2D eigenvalue weighted by Crippen LogP contribution is 2.18. The molecule has 1 aliphatic rings. The lowest BCUT2D eigenvalue weighted by Gasteiger charge is -2.35. The van der Waals surface area contributed by atoms with Gasteiger partial charge in [-0.25, -0.2) is 9.97 Å². The second-order valence-electron chi connectivity index (χ2n) is 5.78. The quantitative estimate of drug-likeness (QED) is 0.888. The average molecular weight is 291 g/mol. The van der Waals surface area contributed by atoms with Gasteiger partial charge in [-0.3, -0.25) is 4.79 Å². The average Bonchev–Trinajstić information content (AvgIpc) is 2.47. The summed E-state index contributed by atoms with van der Waals surface area (Å²) in [6.07, 6.45) is 0. The van der Waals surface area contributed by atoms with Crippen molar-refractivity contribution in [2.45, 2.75) is 26.7 Å². The van der Waals surface area contributed by atoms with Gasteiger partial charge in [0.25, 0.3) is 0 Å². The van der Waals surface area contributed by atoms with Crippen LogP contribution < -0.4 is 10.2 Å². The molecule has 0 saturated carbocycles. The van der Waals surface area contributed by atoms with E-state index in [0.29, 0.717) is 12.5 Å². The molecule has 6 heteroatoms. The van der Waals surface area contributed by atoms with Gasteiger partial charge in [-0.15, -0.1) is 0 Å². The Bertz CT molecular complexity index is 495. The van der Waals surface area contributed by atoms with E-state index in [1.54, 1.807) is 7.05 Å². The normalized spacial score (nSPS) is 15.7. The van der Waals surface area contributed by atoms with Gasteiger partial charge in [0.05, 0.1) is 6.54 Å². The van der Waals surface area contributed by atoms with Crippen LogP contribution >= 0.6 is 0 Å². The fourth-order valence-corrected chi connectivity index (χ4v) is 2.44. The predicted molar refractivity (Wildman–Crippen MR) is 83.6 cm³/mol. The highest BCUT2D eigenvalue weighted by Gasteiger charge is 2.22. The van der Waals surface area contributed by atoms with E-state index in [1.807, 2.05) is 17.9 Å². The van der Waals surface area contributed by atoms with Gasteiger partial charge in [-0.1, -0.05) is 13.8 Å². The van der Waals surface area contributed by atoms with Crippen molar-refractivity contribution < 1.29 is 4.79 Å². The summed E-state index contributed by atoms with van der Waals surface area (Å²) in [5.41, 5.74) is 0.998. The van der Waals surface area contributed by atoms with Crippen molar-refractivity contribution in [1.82, 2.24) is 20.2 Å². The summed E-state index contributed by atoms with van der Waals surface area (Å²) in [5.74, 6) is 2.35. The van der Waals surface area contributed by atoms with Gasteiger partial charge in [-0.05, 0) is 14.0 Å². The van der Waals surface area contributed by atoms with E-state index in [2.05, 4.69) is 34.0 Å². The van der Waals surface area contributed by atoms with Gasteiger partial charge < -0.3 is 15.1 Å². The summed E-state index contributed by atoms with van der Waals surface area (Å²) < 4.78 is 0. The van der Waals surface area contributed by atoms with Crippen LogP contribution in [0.3, 0.4) is 0 Å². The Morgan fingerprint density at radius 3 is 2.52 bits per heavy atom. The van der Waals surface area contributed by atoms with Crippen molar-refractivity contribution in [2.24, 2.45) is 0 Å². The second kappa shape index (κ2) is 6.85. The molecule has 116 valence electrons. The fraction of sp³-hybridized carbons (Fsp3) is 0.667. The van der Waals surface area contributed by atoms with Crippen molar-refractivity contribution in [3.63, 3.8) is 0 Å². The lowest BCUT2D eigenvalue weighted by Crippen LogP contribution is -2.50. The standard InChI is InChI=1S/C15H25N5O/c1-11(2)15-17-12(3)9-13(18-15)19-5-7-20(8-6-19)14(21)10-16-4/h9,11,16H,5-8,10H2,1-4H3. The highest BCUT2D eigenvalue weighted by molar-refractivity contribution is 5.78. The van der Waals surface area contributed by atoms with E-state index < -0.39 is 0 Å². The van der Waals surface area contributed by atoms with E-state index >= 15 is 0 Å². The maximum absolute atomic E-state index is 11.9. The second-order valence-corrected chi connectivity index (χ2v) is 5.78. The molecule has 0 bridgehead atoms. The van der Waals surface area contributed by atoms with Crippen molar-refractivity contribution in [1.29, 1.82) is 0 Å². The summed E-state index contributed by atoms with van der Waals surface area (Å²) in [7, 11) is 1.80. The maximum Gasteiger partial charge on any atom is 0.236 e. The van der Waals surface area contributed by atoms with Crippen molar-refractivity contribution in [3.05, 3.63) is 17.6 Å². The van der Waals surface area contributed by atoms with Gasteiger partial charge in [-0.2, -0.15) is 0 Å². The number of nitrogens with one attached hydrogen (secondary N) is 1. The number of carbonyl (C=O) groups excluding carboxylic acids is 1. The largest absolute Gasteiger partial charge is 0.353 e. The molecule has 2 heterocycles. The molecule has 1 N–H and O–H groups in total. The summed E-state index contributed by atoms with van der Waals surface area (Å²) in [6.45, 7) is 9.77. The first kappa shape index (κ1) is 15.7. The zero-order chi connectivity index (χ0) is 15.4. The Kier molecular flexibility index (Phi) is 5.12. The SMILES string of the molecule is CNCC(=O)N1CCN(c2cc(C)nc(C(C)C)n2)CC1. The first-order chi connectivity index (χ1) is 10.0. The van der Waals surface area contributed by atoms with Crippen LogP contribution in [0.15, 0.2) is 6.07 Å². The number of rotatable bonds is 4. The van der Waals surface area contributed by atoms with E-state index in [-0.39, 0.29) is 5.91 Å². The number of carbonyl (C=O) groups is 1. The fourth-order valence-electron chi connectivity index (χ4n) is 2.44. The number of hydrogen-bond donors (Lipinski definition) is 1. The van der Waals surface area contributed by atoms with E-state index in [4.69, 9.17) is 0 Å². The van der Waals surface area contributed by atoms with Crippen molar-refractivity contribution in [3.8, 4) is 0 Å². The molecular weight excluding hydrogens is 266 g/mol. The summed E-state index contributed by atoms with van der Waals surface area (Å²) in [5, 5.41) is 2.91. The number of piperazine rings is 1. The molecule has 1 aromatic rings. The smallest absolute Gasteiger partial charge is 0.236 e. The van der Waals surface area contributed by atoms with E-state index in [9.17, 15) is 4.79 Å². The Morgan fingerprint density at radius 1 is 1.29 bits per heavy atom. The molecule has 0 aromatic carbocycles.